The molecular weight excluding hydrogens is 367 g/mol. The van der Waals surface area contributed by atoms with Gasteiger partial charge in [0.05, 0.1) is 10.8 Å². The Bertz CT molecular complexity index is 588. The maximum Gasteiger partial charge on any atom is 0.271 e. The number of non-ortho nitro benzene ring substituents is 1. The van der Waals surface area contributed by atoms with Gasteiger partial charge < -0.3 is 15.1 Å². The van der Waals surface area contributed by atoms with E-state index >= 15 is 0 Å². The molecule has 1 aromatic rings. The summed E-state index contributed by atoms with van der Waals surface area (Å²) in [6, 6.07) is 6.69. The van der Waals surface area contributed by atoms with Crippen molar-refractivity contribution in [2.24, 2.45) is 5.92 Å². The van der Waals surface area contributed by atoms with E-state index in [0.717, 1.165) is 31.6 Å². The van der Waals surface area contributed by atoms with Crippen LogP contribution in [0, 0.1) is 16.0 Å². The summed E-state index contributed by atoms with van der Waals surface area (Å²) in [6.07, 6.45) is 2.03. The molecule has 2 aliphatic heterocycles. The third kappa shape index (κ3) is 5.20. The normalized spacial score (nSPS) is 20.2. The van der Waals surface area contributed by atoms with Crippen molar-refractivity contribution in [3.8, 4) is 0 Å². The average molecular weight is 391 g/mol. The average Bonchev–Trinajstić information content (AvgIpc) is 2.62. The lowest BCUT2D eigenvalue weighted by molar-refractivity contribution is -0.384. The van der Waals surface area contributed by atoms with Gasteiger partial charge in [0.25, 0.3) is 5.69 Å². The molecule has 0 bridgehead atoms. The van der Waals surface area contributed by atoms with Crippen LogP contribution in [0.25, 0.3) is 0 Å². The molecule has 0 aliphatic carbocycles. The highest BCUT2D eigenvalue weighted by atomic mass is 35.5. The zero-order chi connectivity index (χ0) is 16.2. The molecule has 9 heteroatoms. The van der Waals surface area contributed by atoms with Crippen molar-refractivity contribution in [3.05, 3.63) is 34.4 Å². The summed E-state index contributed by atoms with van der Waals surface area (Å²) in [7, 11) is 0. The van der Waals surface area contributed by atoms with E-state index in [2.05, 4.69) is 10.2 Å². The number of nitrogens with one attached hydrogen (secondary N) is 1. The first-order valence-electron chi connectivity index (χ1n) is 8.14. The number of amides is 1. The second-order valence-electron chi connectivity index (χ2n) is 6.13. The Hall–Kier alpha value is -1.57. The molecule has 1 aromatic carbocycles. The molecule has 1 atom stereocenters. The number of nitro groups is 1. The van der Waals surface area contributed by atoms with Gasteiger partial charge in [0, 0.05) is 50.5 Å². The second kappa shape index (κ2) is 9.79. The molecule has 0 aromatic heterocycles. The monoisotopic (exact) mass is 390 g/mol. The number of nitrogens with zero attached hydrogens (tertiary/aromatic N) is 3. The van der Waals surface area contributed by atoms with E-state index in [1.807, 2.05) is 11.0 Å². The molecule has 2 heterocycles. The van der Waals surface area contributed by atoms with Crippen LogP contribution in [0.4, 0.5) is 11.4 Å². The van der Waals surface area contributed by atoms with Crippen LogP contribution < -0.4 is 10.2 Å². The van der Waals surface area contributed by atoms with Crippen molar-refractivity contribution in [2.45, 2.75) is 12.8 Å². The Labute approximate surface area is 159 Å². The number of carbonyl (C=O) groups excluding carboxylic acids is 1. The van der Waals surface area contributed by atoms with Crippen LogP contribution in [0.3, 0.4) is 0 Å². The van der Waals surface area contributed by atoms with E-state index in [0.29, 0.717) is 26.2 Å². The highest BCUT2D eigenvalue weighted by molar-refractivity contribution is 5.85. The first-order valence-corrected chi connectivity index (χ1v) is 8.14. The van der Waals surface area contributed by atoms with E-state index in [1.165, 1.54) is 6.07 Å². The predicted molar refractivity (Wildman–Crippen MR) is 102 cm³/mol. The minimum absolute atomic E-state index is 0. The van der Waals surface area contributed by atoms with Crippen LogP contribution in [0.15, 0.2) is 24.3 Å². The zero-order valence-electron chi connectivity index (χ0n) is 13.9. The molecule has 0 radical (unpaired) electrons. The Kier molecular flexibility index (Phi) is 8.41. The van der Waals surface area contributed by atoms with Crippen LogP contribution in [-0.4, -0.2) is 55.0 Å². The van der Waals surface area contributed by atoms with Crippen molar-refractivity contribution in [3.63, 3.8) is 0 Å². The van der Waals surface area contributed by atoms with Gasteiger partial charge in [-0.2, -0.15) is 0 Å². The van der Waals surface area contributed by atoms with E-state index in [4.69, 9.17) is 0 Å². The van der Waals surface area contributed by atoms with Gasteiger partial charge >= 0.3 is 0 Å². The summed E-state index contributed by atoms with van der Waals surface area (Å²) >= 11 is 0. The summed E-state index contributed by atoms with van der Waals surface area (Å²) in [5.41, 5.74) is 0.958. The van der Waals surface area contributed by atoms with E-state index < -0.39 is 0 Å². The fraction of sp³-hybridized carbons (Fsp3) is 0.562. The lowest BCUT2D eigenvalue weighted by atomic mass is 9.98. The molecule has 140 valence electrons. The second-order valence-corrected chi connectivity index (χ2v) is 6.13. The number of benzene rings is 1. The predicted octanol–water partition coefficient (Wildman–Crippen LogP) is 2.09. The molecule has 2 saturated heterocycles. The molecule has 25 heavy (non-hydrogen) atoms. The Morgan fingerprint density at radius 3 is 2.52 bits per heavy atom. The Balaban J connectivity index is 0.00000156. The zero-order valence-corrected chi connectivity index (χ0v) is 15.6. The molecule has 1 N–H and O–H groups in total. The number of piperazine rings is 1. The van der Waals surface area contributed by atoms with Gasteiger partial charge in [-0.25, -0.2) is 0 Å². The van der Waals surface area contributed by atoms with E-state index in [-0.39, 0.29) is 47.2 Å². The number of piperidine rings is 1. The molecule has 1 amide bonds. The fourth-order valence-electron chi connectivity index (χ4n) is 3.31. The largest absolute Gasteiger partial charge is 0.368 e. The maximum atomic E-state index is 12.5. The fourth-order valence-corrected chi connectivity index (χ4v) is 3.31. The van der Waals surface area contributed by atoms with Gasteiger partial charge in [-0.05, 0) is 25.5 Å². The van der Waals surface area contributed by atoms with Gasteiger partial charge in [0.1, 0.15) is 0 Å². The quantitative estimate of drug-likeness (QED) is 0.631. The van der Waals surface area contributed by atoms with E-state index in [9.17, 15) is 14.9 Å². The van der Waals surface area contributed by atoms with Crippen LogP contribution in [0.5, 0.6) is 0 Å². The minimum Gasteiger partial charge on any atom is -0.368 e. The third-order valence-corrected chi connectivity index (χ3v) is 4.64. The highest BCUT2D eigenvalue weighted by Gasteiger charge is 2.28. The molecule has 2 aliphatic rings. The lowest BCUT2D eigenvalue weighted by Gasteiger charge is -2.38. The van der Waals surface area contributed by atoms with E-state index in [1.54, 1.807) is 12.1 Å². The number of nitro benzene ring substituents is 1. The summed E-state index contributed by atoms with van der Waals surface area (Å²) in [6.45, 7) is 4.57. The van der Waals surface area contributed by atoms with Crippen molar-refractivity contribution >= 4 is 42.1 Å². The number of halogens is 2. The van der Waals surface area contributed by atoms with Gasteiger partial charge in [0.15, 0.2) is 0 Å². The standard InChI is InChI=1S/C16H22N4O3.2ClH/c21-16(13-3-2-6-17-12-13)19-9-7-18(8-10-19)14-4-1-5-15(11-14)20(22)23;;/h1,4-5,11,13,17H,2-3,6-10,12H2;2*1H/t13-;;/m1../s1. The van der Waals surface area contributed by atoms with Crippen LogP contribution in [-0.2, 0) is 4.79 Å². The van der Waals surface area contributed by atoms with Gasteiger partial charge in [0.2, 0.25) is 5.91 Å². The van der Waals surface area contributed by atoms with Gasteiger partial charge in [-0.3, -0.25) is 14.9 Å². The molecule has 7 nitrogen and oxygen atoms in total. The number of hydrogen-bond donors (Lipinski definition) is 1. The molecule has 0 unspecified atom stereocenters. The van der Waals surface area contributed by atoms with Crippen molar-refractivity contribution in [2.75, 3.05) is 44.2 Å². The smallest absolute Gasteiger partial charge is 0.271 e. The summed E-state index contributed by atoms with van der Waals surface area (Å²) in [5, 5.41) is 14.2. The first-order chi connectivity index (χ1) is 11.1. The minimum atomic E-state index is -0.376. The van der Waals surface area contributed by atoms with Crippen molar-refractivity contribution in [1.29, 1.82) is 0 Å². The van der Waals surface area contributed by atoms with Crippen LogP contribution in [0.2, 0.25) is 0 Å². The summed E-state index contributed by atoms with van der Waals surface area (Å²) < 4.78 is 0. The highest BCUT2D eigenvalue weighted by Crippen LogP contribution is 2.23. The van der Waals surface area contributed by atoms with Crippen LogP contribution >= 0.6 is 24.8 Å². The number of hydrogen-bond acceptors (Lipinski definition) is 5. The third-order valence-electron chi connectivity index (χ3n) is 4.64. The molecule has 0 saturated carbocycles. The van der Waals surface area contributed by atoms with Gasteiger partial charge in [-0.15, -0.1) is 24.8 Å². The molecule has 0 spiro atoms. The van der Waals surface area contributed by atoms with Crippen molar-refractivity contribution in [1.82, 2.24) is 10.2 Å². The summed E-state index contributed by atoms with van der Waals surface area (Å²) in [5.74, 6) is 0.351. The maximum absolute atomic E-state index is 12.5. The first kappa shape index (κ1) is 21.5. The SMILES string of the molecule is Cl.Cl.O=C([C@@H]1CCCNC1)N1CCN(c2cccc([N+](=O)[O-])c2)CC1. The molecule has 3 rings (SSSR count). The Morgan fingerprint density at radius 2 is 1.92 bits per heavy atom. The number of carbonyl (C=O) groups is 1. The topological polar surface area (TPSA) is 78.7 Å². The lowest BCUT2D eigenvalue weighted by Crippen LogP contribution is -2.52. The summed E-state index contributed by atoms with van der Waals surface area (Å²) in [4.78, 5) is 27.1. The molecule has 2 fully saturated rings. The Morgan fingerprint density at radius 1 is 1.20 bits per heavy atom. The number of anilines is 1. The van der Waals surface area contributed by atoms with Crippen LogP contribution in [0.1, 0.15) is 12.8 Å². The molecular formula is C16H24Cl2N4O3. The van der Waals surface area contributed by atoms with Crippen molar-refractivity contribution < 1.29 is 9.72 Å². The van der Waals surface area contributed by atoms with Gasteiger partial charge in [-0.1, -0.05) is 6.07 Å². The number of rotatable bonds is 3.